The van der Waals surface area contributed by atoms with E-state index in [4.69, 9.17) is 5.73 Å². The molecule has 0 aromatic heterocycles. The largest absolute Gasteiger partial charge is 0.328 e. The summed E-state index contributed by atoms with van der Waals surface area (Å²) < 4.78 is 0. The van der Waals surface area contributed by atoms with Crippen molar-refractivity contribution >= 4 is 0 Å². The molecule has 2 unspecified atom stereocenters. The molecule has 0 aromatic carbocycles. The number of nitrogens with zero attached hydrogens (tertiary/aromatic N) is 2. The van der Waals surface area contributed by atoms with E-state index in [0.29, 0.717) is 12.1 Å². The second kappa shape index (κ2) is 6.36. The van der Waals surface area contributed by atoms with Gasteiger partial charge >= 0.3 is 0 Å². The first-order valence-corrected chi connectivity index (χ1v) is 7.79. The Morgan fingerprint density at radius 3 is 2.33 bits per heavy atom. The van der Waals surface area contributed by atoms with Gasteiger partial charge in [-0.15, -0.1) is 0 Å². The Kier molecular flexibility index (Phi) is 5.05. The fourth-order valence-electron chi connectivity index (χ4n) is 3.60. The van der Waals surface area contributed by atoms with Crippen LogP contribution in [-0.2, 0) is 0 Å². The van der Waals surface area contributed by atoms with Crippen LogP contribution in [0.15, 0.2) is 0 Å². The first-order chi connectivity index (χ1) is 8.58. The van der Waals surface area contributed by atoms with Crippen LogP contribution in [0.1, 0.15) is 52.4 Å². The summed E-state index contributed by atoms with van der Waals surface area (Å²) in [6.07, 6.45) is 7.94. The van der Waals surface area contributed by atoms with E-state index in [2.05, 4.69) is 30.7 Å². The van der Waals surface area contributed by atoms with Crippen LogP contribution < -0.4 is 5.73 Å². The quantitative estimate of drug-likeness (QED) is 0.736. The number of piperidine rings is 1. The third-order valence-electron chi connectivity index (χ3n) is 4.98. The molecule has 2 heterocycles. The van der Waals surface area contributed by atoms with Crippen molar-refractivity contribution < 1.29 is 0 Å². The van der Waals surface area contributed by atoms with Crippen molar-refractivity contribution in [2.24, 2.45) is 5.73 Å². The Morgan fingerprint density at radius 2 is 1.78 bits per heavy atom. The van der Waals surface area contributed by atoms with Crippen molar-refractivity contribution in [3.63, 3.8) is 0 Å². The summed E-state index contributed by atoms with van der Waals surface area (Å²) in [5.74, 6) is 0. The van der Waals surface area contributed by atoms with Crippen molar-refractivity contribution in [1.29, 1.82) is 0 Å². The highest BCUT2D eigenvalue weighted by Crippen LogP contribution is 2.35. The van der Waals surface area contributed by atoms with Crippen molar-refractivity contribution in [1.82, 2.24) is 9.80 Å². The molecule has 2 fully saturated rings. The molecule has 0 aliphatic carbocycles. The van der Waals surface area contributed by atoms with Gasteiger partial charge in [-0.05, 0) is 72.5 Å². The zero-order chi connectivity index (χ0) is 13.1. The van der Waals surface area contributed by atoms with Gasteiger partial charge < -0.3 is 10.6 Å². The van der Waals surface area contributed by atoms with E-state index in [-0.39, 0.29) is 0 Å². The summed E-state index contributed by atoms with van der Waals surface area (Å²) in [6.45, 7) is 7.08. The molecule has 0 saturated carbocycles. The van der Waals surface area contributed by atoms with Crippen LogP contribution in [0.2, 0.25) is 0 Å². The van der Waals surface area contributed by atoms with Gasteiger partial charge in [0.1, 0.15) is 0 Å². The molecular formula is C15H31N3. The van der Waals surface area contributed by atoms with E-state index < -0.39 is 0 Å². The van der Waals surface area contributed by atoms with Crippen LogP contribution in [0.25, 0.3) is 0 Å². The van der Waals surface area contributed by atoms with Crippen LogP contribution in [0.5, 0.6) is 0 Å². The maximum atomic E-state index is 6.11. The SMILES string of the molecule is CC(C)N(C)CCCCN1C2CCC1CC(N)C2. The van der Waals surface area contributed by atoms with E-state index in [9.17, 15) is 0 Å². The predicted molar refractivity (Wildman–Crippen MR) is 77.7 cm³/mol. The van der Waals surface area contributed by atoms with E-state index >= 15 is 0 Å². The summed E-state index contributed by atoms with van der Waals surface area (Å²) in [4.78, 5) is 5.21. The molecule has 2 aliphatic heterocycles. The molecular weight excluding hydrogens is 222 g/mol. The normalized spacial score (nSPS) is 32.7. The maximum Gasteiger partial charge on any atom is 0.0113 e. The lowest BCUT2D eigenvalue weighted by Crippen LogP contribution is -2.47. The third-order valence-corrected chi connectivity index (χ3v) is 4.98. The minimum absolute atomic E-state index is 0.478. The topological polar surface area (TPSA) is 32.5 Å². The molecule has 2 rings (SSSR count). The van der Waals surface area contributed by atoms with Crippen LogP contribution in [0.3, 0.4) is 0 Å². The molecule has 0 aromatic rings. The Morgan fingerprint density at radius 1 is 1.17 bits per heavy atom. The average Bonchev–Trinajstić information content (AvgIpc) is 2.56. The number of hydrogen-bond acceptors (Lipinski definition) is 3. The number of fused-ring (bicyclic) bond motifs is 2. The van der Waals surface area contributed by atoms with Crippen LogP contribution in [0.4, 0.5) is 0 Å². The molecule has 2 bridgehead atoms. The molecule has 2 saturated heterocycles. The summed E-state index contributed by atoms with van der Waals surface area (Å²) in [6, 6.07) is 2.77. The number of unbranched alkanes of at least 4 members (excludes halogenated alkanes) is 1. The zero-order valence-corrected chi connectivity index (χ0v) is 12.4. The molecule has 106 valence electrons. The summed E-state index contributed by atoms with van der Waals surface area (Å²) in [7, 11) is 2.23. The van der Waals surface area contributed by atoms with Gasteiger partial charge in [0.15, 0.2) is 0 Å². The Bertz CT molecular complexity index is 240. The van der Waals surface area contributed by atoms with Crippen molar-refractivity contribution in [3.05, 3.63) is 0 Å². The Balaban J connectivity index is 1.66. The van der Waals surface area contributed by atoms with E-state index in [1.165, 1.54) is 51.6 Å². The van der Waals surface area contributed by atoms with E-state index in [1.807, 2.05) is 0 Å². The van der Waals surface area contributed by atoms with Gasteiger partial charge in [-0.3, -0.25) is 4.90 Å². The van der Waals surface area contributed by atoms with Gasteiger partial charge in [-0.1, -0.05) is 0 Å². The second-order valence-corrected chi connectivity index (χ2v) is 6.64. The molecule has 0 amide bonds. The van der Waals surface area contributed by atoms with Gasteiger partial charge in [-0.25, -0.2) is 0 Å². The van der Waals surface area contributed by atoms with Gasteiger partial charge in [0.05, 0.1) is 0 Å². The first kappa shape index (κ1) is 14.3. The van der Waals surface area contributed by atoms with Gasteiger partial charge in [0.2, 0.25) is 0 Å². The summed E-state index contributed by atoms with van der Waals surface area (Å²) in [5, 5.41) is 0. The predicted octanol–water partition coefficient (Wildman–Crippen LogP) is 2.06. The summed E-state index contributed by atoms with van der Waals surface area (Å²) in [5.41, 5.74) is 6.11. The molecule has 0 radical (unpaired) electrons. The number of rotatable bonds is 6. The highest BCUT2D eigenvalue weighted by molar-refractivity contribution is 4.96. The fourth-order valence-corrected chi connectivity index (χ4v) is 3.60. The lowest BCUT2D eigenvalue weighted by Gasteiger charge is -2.37. The van der Waals surface area contributed by atoms with Crippen LogP contribution >= 0.6 is 0 Å². The molecule has 2 N–H and O–H groups in total. The number of nitrogens with two attached hydrogens (primary N) is 1. The Hall–Kier alpha value is -0.120. The van der Waals surface area contributed by atoms with Crippen molar-refractivity contribution in [2.75, 3.05) is 20.1 Å². The van der Waals surface area contributed by atoms with E-state index in [1.54, 1.807) is 0 Å². The lowest BCUT2D eigenvalue weighted by molar-refractivity contribution is 0.123. The zero-order valence-electron chi connectivity index (χ0n) is 12.4. The molecule has 0 spiro atoms. The first-order valence-electron chi connectivity index (χ1n) is 7.79. The standard InChI is InChI=1S/C15H31N3/c1-12(2)17(3)8-4-5-9-18-14-6-7-15(18)11-13(16)10-14/h12-15H,4-11,16H2,1-3H3. The van der Waals surface area contributed by atoms with Gasteiger partial charge in [0, 0.05) is 24.2 Å². The van der Waals surface area contributed by atoms with Gasteiger partial charge in [-0.2, -0.15) is 0 Å². The minimum Gasteiger partial charge on any atom is -0.328 e. The molecule has 2 aliphatic rings. The highest BCUT2D eigenvalue weighted by atomic mass is 15.2. The third kappa shape index (κ3) is 3.46. The van der Waals surface area contributed by atoms with Crippen molar-refractivity contribution in [3.8, 4) is 0 Å². The monoisotopic (exact) mass is 253 g/mol. The van der Waals surface area contributed by atoms with Crippen LogP contribution in [-0.4, -0.2) is 54.1 Å². The maximum absolute atomic E-state index is 6.11. The van der Waals surface area contributed by atoms with Crippen molar-refractivity contribution in [2.45, 2.75) is 76.5 Å². The molecule has 3 heteroatoms. The fraction of sp³-hybridized carbons (Fsp3) is 1.00. The molecule has 3 nitrogen and oxygen atoms in total. The second-order valence-electron chi connectivity index (χ2n) is 6.64. The highest BCUT2D eigenvalue weighted by Gasteiger charge is 2.38. The molecule has 2 atom stereocenters. The van der Waals surface area contributed by atoms with Gasteiger partial charge in [0.25, 0.3) is 0 Å². The summed E-state index contributed by atoms with van der Waals surface area (Å²) >= 11 is 0. The van der Waals surface area contributed by atoms with Crippen LogP contribution in [0, 0.1) is 0 Å². The number of hydrogen-bond donors (Lipinski definition) is 1. The smallest absolute Gasteiger partial charge is 0.0113 e. The minimum atomic E-state index is 0.478. The van der Waals surface area contributed by atoms with E-state index in [0.717, 1.165) is 12.1 Å². The average molecular weight is 253 g/mol. The Labute approximate surface area is 113 Å². The lowest BCUT2D eigenvalue weighted by atomic mass is 9.98. The molecule has 18 heavy (non-hydrogen) atoms.